The SMILES string of the molecule is CCCC(=O)N(CC1CCCO1)c1nc2c(C(C)C)cccc2s1. The van der Waals surface area contributed by atoms with E-state index < -0.39 is 0 Å². The van der Waals surface area contributed by atoms with Crippen LogP contribution in [0.25, 0.3) is 10.2 Å². The number of benzene rings is 1. The summed E-state index contributed by atoms with van der Waals surface area (Å²) in [5.41, 5.74) is 2.28. The van der Waals surface area contributed by atoms with Crippen molar-refractivity contribution in [1.29, 1.82) is 0 Å². The van der Waals surface area contributed by atoms with Crippen molar-refractivity contribution in [2.45, 2.75) is 58.5 Å². The van der Waals surface area contributed by atoms with Crippen molar-refractivity contribution in [3.63, 3.8) is 0 Å². The summed E-state index contributed by atoms with van der Waals surface area (Å²) in [6.07, 6.45) is 3.65. The maximum Gasteiger partial charge on any atom is 0.228 e. The van der Waals surface area contributed by atoms with E-state index in [-0.39, 0.29) is 12.0 Å². The summed E-state index contributed by atoms with van der Waals surface area (Å²) in [5, 5.41) is 0.812. The number of nitrogens with zero attached hydrogens (tertiary/aromatic N) is 2. The number of hydrogen-bond donors (Lipinski definition) is 0. The van der Waals surface area contributed by atoms with Crippen LogP contribution in [0.4, 0.5) is 5.13 Å². The van der Waals surface area contributed by atoms with Gasteiger partial charge in [0.1, 0.15) is 0 Å². The van der Waals surface area contributed by atoms with E-state index in [0.717, 1.165) is 41.2 Å². The van der Waals surface area contributed by atoms with Gasteiger partial charge in [-0.15, -0.1) is 0 Å². The van der Waals surface area contributed by atoms with E-state index in [1.165, 1.54) is 5.56 Å². The van der Waals surface area contributed by atoms with Crippen LogP contribution in [0.3, 0.4) is 0 Å². The minimum atomic E-state index is 0.141. The van der Waals surface area contributed by atoms with Crippen LogP contribution in [-0.2, 0) is 9.53 Å². The molecule has 0 bridgehead atoms. The highest BCUT2D eigenvalue weighted by atomic mass is 32.1. The van der Waals surface area contributed by atoms with Crippen LogP contribution in [0.5, 0.6) is 0 Å². The Bertz CT molecular complexity index is 704. The van der Waals surface area contributed by atoms with Crippen LogP contribution in [0.1, 0.15) is 57.9 Å². The van der Waals surface area contributed by atoms with Crippen molar-refractivity contribution < 1.29 is 9.53 Å². The number of aromatic nitrogens is 1. The Kier molecular flexibility index (Phi) is 5.51. The molecule has 2 heterocycles. The van der Waals surface area contributed by atoms with Crippen molar-refractivity contribution in [3.05, 3.63) is 23.8 Å². The number of carbonyl (C=O) groups is 1. The molecule has 1 aromatic carbocycles. The fourth-order valence-electron chi connectivity index (χ4n) is 3.17. The van der Waals surface area contributed by atoms with E-state index in [1.54, 1.807) is 11.3 Å². The molecule has 0 saturated carbocycles. The molecule has 1 aliphatic rings. The molecular formula is C19H26N2O2S. The van der Waals surface area contributed by atoms with Gasteiger partial charge in [0.05, 0.1) is 22.9 Å². The lowest BCUT2D eigenvalue weighted by Crippen LogP contribution is -2.37. The molecule has 5 heteroatoms. The second-order valence-corrected chi connectivity index (χ2v) is 7.74. The molecule has 2 aromatic rings. The number of thiazole rings is 1. The zero-order valence-electron chi connectivity index (χ0n) is 14.7. The number of ether oxygens (including phenoxy) is 1. The first kappa shape index (κ1) is 17.4. The summed E-state index contributed by atoms with van der Waals surface area (Å²) in [6, 6.07) is 6.31. The fraction of sp³-hybridized carbons (Fsp3) is 0.579. The van der Waals surface area contributed by atoms with E-state index in [1.807, 2.05) is 11.8 Å². The van der Waals surface area contributed by atoms with Gasteiger partial charge in [-0.1, -0.05) is 44.2 Å². The highest BCUT2D eigenvalue weighted by Crippen LogP contribution is 2.34. The quantitative estimate of drug-likeness (QED) is 0.759. The standard InChI is InChI=1S/C19H26N2O2S/c1-4-7-17(22)21(12-14-8-6-11-23-14)19-20-18-15(13(2)3)9-5-10-16(18)24-19/h5,9-10,13-14H,4,6-8,11-12H2,1-3H3. The average molecular weight is 346 g/mol. The second-order valence-electron chi connectivity index (χ2n) is 6.73. The Morgan fingerprint density at radius 3 is 2.96 bits per heavy atom. The van der Waals surface area contributed by atoms with Gasteiger partial charge in [-0.05, 0) is 36.8 Å². The van der Waals surface area contributed by atoms with Crippen LogP contribution >= 0.6 is 11.3 Å². The predicted octanol–water partition coefficient (Wildman–Crippen LogP) is 4.73. The van der Waals surface area contributed by atoms with E-state index in [4.69, 9.17) is 9.72 Å². The summed E-state index contributed by atoms with van der Waals surface area (Å²) in [4.78, 5) is 19.4. The monoisotopic (exact) mass is 346 g/mol. The summed E-state index contributed by atoms with van der Waals surface area (Å²) < 4.78 is 6.90. The summed E-state index contributed by atoms with van der Waals surface area (Å²) >= 11 is 1.61. The highest BCUT2D eigenvalue weighted by molar-refractivity contribution is 7.22. The van der Waals surface area contributed by atoms with Crippen LogP contribution in [0.2, 0.25) is 0 Å². The first-order chi connectivity index (χ1) is 11.6. The van der Waals surface area contributed by atoms with Gasteiger partial charge in [0.25, 0.3) is 0 Å². The first-order valence-electron chi connectivity index (χ1n) is 8.91. The van der Waals surface area contributed by atoms with Crippen molar-refractivity contribution in [2.75, 3.05) is 18.1 Å². The second kappa shape index (κ2) is 7.62. The summed E-state index contributed by atoms with van der Waals surface area (Å²) in [6.45, 7) is 7.82. The number of carbonyl (C=O) groups excluding carboxylic acids is 1. The van der Waals surface area contributed by atoms with Crippen molar-refractivity contribution in [2.24, 2.45) is 0 Å². The van der Waals surface area contributed by atoms with Crippen molar-refractivity contribution in [3.8, 4) is 0 Å². The van der Waals surface area contributed by atoms with Gasteiger partial charge < -0.3 is 4.74 Å². The molecule has 1 saturated heterocycles. The summed E-state index contributed by atoms with van der Waals surface area (Å²) in [5.74, 6) is 0.569. The van der Waals surface area contributed by atoms with E-state index in [0.29, 0.717) is 18.9 Å². The van der Waals surface area contributed by atoms with Crippen molar-refractivity contribution >= 4 is 32.6 Å². The molecule has 0 aliphatic carbocycles. The molecule has 1 amide bonds. The molecule has 1 atom stereocenters. The molecule has 3 rings (SSSR count). The number of anilines is 1. The van der Waals surface area contributed by atoms with Gasteiger partial charge in [0.15, 0.2) is 5.13 Å². The zero-order valence-corrected chi connectivity index (χ0v) is 15.6. The Labute approximate surface area is 147 Å². The Morgan fingerprint density at radius 1 is 1.46 bits per heavy atom. The fourth-order valence-corrected chi connectivity index (χ4v) is 4.19. The molecule has 1 fully saturated rings. The Morgan fingerprint density at radius 2 is 2.29 bits per heavy atom. The van der Waals surface area contributed by atoms with Crippen LogP contribution < -0.4 is 4.90 Å². The van der Waals surface area contributed by atoms with Crippen LogP contribution in [0.15, 0.2) is 18.2 Å². The Hall–Kier alpha value is -1.46. The molecule has 0 spiro atoms. The number of rotatable bonds is 6. The third-order valence-electron chi connectivity index (χ3n) is 4.47. The number of para-hydroxylation sites is 1. The number of fused-ring (bicyclic) bond motifs is 1. The van der Waals surface area contributed by atoms with Crippen LogP contribution in [-0.4, -0.2) is 30.1 Å². The molecule has 4 nitrogen and oxygen atoms in total. The largest absolute Gasteiger partial charge is 0.376 e. The average Bonchev–Trinajstić information content (AvgIpc) is 3.21. The van der Waals surface area contributed by atoms with Crippen molar-refractivity contribution in [1.82, 2.24) is 4.98 Å². The smallest absolute Gasteiger partial charge is 0.228 e. The molecular weight excluding hydrogens is 320 g/mol. The summed E-state index contributed by atoms with van der Waals surface area (Å²) in [7, 11) is 0. The minimum Gasteiger partial charge on any atom is -0.376 e. The van der Waals surface area contributed by atoms with Gasteiger partial charge in [0.2, 0.25) is 5.91 Å². The minimum absolute atomic E-state index is 0.141. The molecule has 24 heavy (non-hydrogen) atoms. The van der Waals surface area contributed by atoms with Gasteiger partial charge in [0, 0.05) is 13.0 Å². The van der Waals surface area contributed by atoms with Gasteiger partial charge >= 0.3 is 0 Å². The normalized spacial score (nSPS) is 17.8. The van der Waals surface area contributed by atoms with E-state index in [9.17, 15) is 4.79 Å². The third-order valence-corrected chi connectivity index (χ3v) is 5.51. The van der Waals surface area contributed by atoms with Gasteiger partial charge in [-0.25, -0.2) is 4.98 Å². The van der Waals surface area contributed by atoms with E-state index in [2.05, 4.69) is 32.0 Å². The molecule has 1 unspecified atom stereocenters. The molecule has 1 aliphatic heterocycles. The molecule has 0 radical (unpaired) electrons. The first-order valence-corrected chi connectivity index (χ1v) is 9.73. The highest BCUT2D eigenvalue weighted by Gasteiger charge is 2.26. The molecule has 0 N–H and O–H groups in total. The zero-order chi connectivity index (χ0) is 17.1. The topological polar surface area (TPSA) is 42.4 Å². The lowest BCUT2D eigenvalue weighted by molar-refractivity contribution is -0.119. The van der Waals surface area contributed by atoms with Gasteiger partial charge in [-0.3, -0.25) is 9.69 Å². The van der Waals surface area contributed by atoms with Gasteiger partial charge in [-0.2, -0.15) is 0 Å². The number of hydrogen-bond acceptors (Lipinski definition) is 4. The molecule has 130 valence electrons. The lowest BCUT2D eigenvalue weighted by Gasteiger charge is -2.22. The Balaban J connectivity index is 1.95. The van der Waals surface area contributed by atoms with E-state index >= 15 is 0 Å². The maximum atomic E-state index is 12.7. The predicted molar refractivity (Wildman–Crippen MR) is 99.9 cm³/mol. The lowest BCUT2D eigenvalue weighted by atomic mass is 10.0. The molecule has 1 aromatic heterocycles. The maximum absolute atomic E-state index is 12.7. The number of amides is 1. The van der Waals surface area contributed by atoms with Crippen LogP contribution in [0, 0.1) is 0 Å². The third kappa shape index (κ3) is 3.62.